The lowest BCUT2D eigenvalue weighted by Gasteiger charge is -2.28. The molecule has 1 aliphatic rings. The Labute approximate surface area is 140 Å². The standard InChI is InChI=1S/C18H20N4O2/c23-17-13-22(11-10-19-17)16-8-6-14(7-9-16)12-20-18(24)21-15-4-2-1-3-5-15/h1-9H,10-13H2,(H,19,23)(H2,20,21,24). The lowest BCUT2D eigenvalue weighted by atomic mass is 10.2. The Bertz CT molecular complexity index is 701. The van der Waals surface area contributed by atoms with E-state index in [9.17, 15) is 9.59 Å². The summed E-state index contributed by atoms with van der Waals surface area (Å²) in [5.41, 5.74) is 2.78. The number of urea groups is 1. The number of amides is 3. The minimum atomic E-state index is -0.238. The molecule has 6 nitrogen and oxygen atoms in total. The van der Waals surface area contributed by atoms with Crippen molar-refractivity contribution in [3.05, 3.63) is 60.2 Å². The van der Waals surface area contributed by atoms with Crippen LogP contribution >= 0.6 is 0 Å². The Balaban J connectivity index is 1.51. The molecule has 0 saturated carbocycles. The predicted molar refractivity (Wildman–Crippen MR) is 94.0 cm³/mol. The molecule has 3 N–H and O–H groups in total. The molecule has 0 spiro atoms. The van der Waals surface area contributed by atoms with Gasteiger partial charge in [-0.05, 0) is 29.8 Å². The zero-order valence-electron chi connectivity index (χ0n) is 13.3. The van der Waals surface area contributed by atoms with Crippen molar-refractivity contribution in [2.75, 3.05) is 29.9 Å². The molecule has 24 heavy (non-hydrogen) atoms. The van der Waals surface area contributed by atoms with Crippen molar-refractivity contribution in [2.24, 2.45) is 0 Å². The molecule has 0 radical (unpaired) electrons. The summed E-state index contributed by atoms with van der Waals surface area (Å²) in [7, 11) is 0. The average molecular weight is 324 g/mol. The molecule has 0 atom stereocenters. The normalized spacial score (nSPS) is 14.0. The number of nitrogens with zero attached hydrogens (tertiary/aromatic N) is 1. The first-order valence-electron chi connectivity index (χ1n) is 7.91. The van der Waals surface area contributed by atoms with Gasteiger partial charge in [0, 0.05) is 31.0 Å². The molecule has 124 valence electrons. The third-order valence-electron chi connectivity index (χ3n) is 3.82. The fourth-order valence-electron chi connectivity index (χ4n) is 2.56. The van der Waals surface area contributed by atoms with Crippen molar-refractivity contribution in [1.29, 1.82) is 0 Å². The molecular formula is C18H20N4O2. The van der Waals surface area contributed by atoms with Gasteiger partial charge in [-0.15, -0.1) is 0 Å². The van der Waals surface area contributed by atoms with Crippen LogP contribution in [0.25, 0.3) is 0 Å². The SMILES string of the molecule is O=C1CN(c2ccc(CNC(=O)Nc3ccccc3)cc2)CCN1. The molecular weight excluding hydrogens is 304 g/mol. The van der Waals surface area contributed by atoms with Gasteiger partial charge in [0.05, 0.1) is 6.54 Å². The topological polar surface area (TPSA) is 73.5 Å². The molecule has 2 aromatic rings. The molecule has 6 heteroatoms. The number of rotatable bonds is 4. The Morgan fingerprint density at radius 1 is 1.08 bits per heavy atom. The quantitative estimate of drug-likeness (QED) is 0.805. The first-order valence-corrected chi connectivity index (χ1v) is 7.91. The highest BCUT2D eigenvalue weighted by atomic mass is 16.2. The van der Waals surface area contributed by atoms with Gasteiger partial charge in [0.2, 0.25) is 5.91 Å². The summed E-state index contributed by atoms with van der Waals surface area (Å²) >= 11 is 0. The van der Waals surface area contributed by atoms with E-state index >= 15 is 0 Å². The van der Waals surface area contributed by atoms with Crippen LogP contribution < -0.4 is 20.9 Å². The molecule has 1 heterocycles. The molecule has 0 bridgehead atoms. The Morgan fingerprint density at radius 3 is 2.54 bits per heavy atom. The number of anilines is 2. The third kappa shape index (κ3) is 4.25. The van der Waals surface area contributed by atoms with Crippen LogP contribution in [0.4, 0.5) is 16.2 Å². The van der Waals surface area contributed by atoms with E-state index in [1.165, 1.54) is 0 Å². The lowest BCUT2D eigenvalue weighted by molar-refractivity contribution is -0.120. The Morgan fingerprint density at radius 2 is 1.83 bits per heavy atom. The first kappa shape index (κ1) is 15.9. The zero-order chi connectivity index (χ0) is 16.8. The Kier molecular flexibility index (Phi) is 4.96. The summed E-state index contributed by atoms with van der Waals surface area (Å²) in [6, 6.07) is 17.0. The number of hydrogen-bond donors (Lipinski definition) is 3. The van der Waals surface area contributed by atoms with Gasteiger partial charge in [-0.3, -0.25) is 4.79 Å². The second kappa shape index (κ2) is 7.50. The van der Waals surface area contributed by atoms with Crippen LogP contribution in [0.5, 0.6) is 0 Å². The van der Waals surface area contributed by atoms with E-state index in [2.05, 4.69) is 16.0 Å². The van der Waals surface area contributed by atoms with Crippen LogP contribution in [0.2, 0.25) is 0 Å². The zero-order valence-corrected chi connectivity index (χ0v) is 13.3. The number of para-hydroxylation sites is 1. The molecule has 0 aromatic heterocycles. The minimum absolute atomic E-state index is 0.0459. The van der Waals surface area contributed by atoms with Crippen molar-refractivity contribution in [3.63, 3.8) is 0 Å². The van der Waals surface area contributed by atoms with E-state index < -0.39 is 0 Å². The molecule has 3 amide bonds. The van der Waals surface area contributed by atoms with Gasteiger partial charge >= 0.3 is 6.03 Å². The summed E-state index contributed by atoms with van der Waals surface area (Å²) in [4.78, 5) is 25.3. The van der Waals surface area contributed by atoms with Gasteiger partial charge < -0.3 is 20.9 Å². The lowest BCUT2D eigenvalue weighted by Crippen LogP contribution is -2.47. The number of benzene rings is 2. The second-order valence-corrected chi connectivity index (χ2v) is 5.61. The summed E-state index contributed by atoms with van der Waals surface area (Å²) in [6.07, 6.45) is 0. The molecule has 3 rings (SSSR count). The fourth-order valence-corrected chi connectivity index (χ4v) is 2.56. The van der Waals surface area contributed by atoms with Gasteiger partial charge in [-0.25, -0.2) is 4.79 Å². The maximum Gasteiger partial charge on any atom is 0.319 e. The number of carbonyl (C=O) groups excluding carboxylic acids is 2. The van der Waals surface area contributed by atoms with Crippen LogP contribution in [-0.4, -0.2) is 31.6 Å². The highest BCUT2D eigenvalue weighted by Crippen LogP contribution is 2.16. The number of nitrogens with one attached hydrogen (secondary N) is 3. The number of carbonyl (C=O) groups is 2. The highest BCUT2D eigenvalue weighted by molar-refractivity contribution is 5.89. The predicted octanol–water partition coefficient (Wildman–Crippen LogP) is 1.94. The van der Waals surface area contributed by atoms with Gasteiger partial charge in [-0.2, -0.15) is 0 Å². The monoisotopic (exact) mass is 324 g/mol. The van der Waals surface area contributed by atoms with E-state index in [0.717, 1.165) is 23.5 Å². The van der Waals surface area contributed by atoms with Gasteiger partial charge in [0.15, 0.2) is 0 Å². The maximum atomic E-state index is 11.9. The number of hydrogen-bond acceptors (Lipinski definition) is 3. The summed E-state index contributed by atoms with van der Waals surface area (Å²) in [5.74, 6) is 0.0459. The van der Waals surface area contributed by atoms with Crippen LogP contribution in [0.3, 0.4) is 0 Å². The van der Waals surface area contributed by atoms with Crippen LogP contribution in [0.15, 0.2) is 54.6 Å². The van der Waals surface area contributed by atoms with E-state index in [1.54, 1.807) is 0 Å². The maximum absolute atomic E-state index is 11.9. The summed E-state index contributed by atoms with van der Waals surface area (Å²) < 4.78 is 0. The van der Waals surface area contributed by atoms with Crippen molar-refractivity contribution in [2.45, 2.75) is 6.54 Å². The van der Waals surface area contributed by atoms with Gasteiger partial charge in [0.1, 0.15) is 0 Å². The fraction of sp³-hybridized carbons (Fsp3) is 0.222. The molecule has 0 unspecified atom stereocenters. The third-order valence-corrected chi connectivity index (χ3v) is 3.82. The molecule has 1 fully saturated rings. The molecule has 1 aliphatic heterocycles. The van der Waals surface area contributed by atoms with Gasteiger partial charge in [-0.1, -0.05) is 30.3 Å². The second-order valence-electron chi connectivity index (χ2n) is 5.61. The average Bonchev–Trinajstić information content (AvgIpc) is 2.61. The highest BCUT2D eigenvalue weighted by Gasteiger charge is 2.16. The van der Waals surface area contributed by atoms with E-state index in [0.29, 0.717) is 19.6 Å². The number of piperazine rings is 1. The van der Waals surface area contributed by atoms with E-state index in [4.69, 9.17) is 0 Å². The Hall–Kier alpha value is -3.02. The molecule has 2 aromatic carbocycles. The summed E-state index contributed by atoms with van der Waals surface area (Å²) in [5, 5.41) is 8.41. The van der Waals surface area contributed by atoms with Crippen LogP contribution in [-0.2, 0) is 11.3 Å². The van der Waals surface area contributed by atoms with Crippen molar-refractivity contribution in [1.82, 2.24) is 10.6 Å². The van der Waals surface area contributed by atoms with E-state index in [-0.39, 0.29) is 11.9 Å². The van der Waals surface area contributed by atoms with Crippen molar-refractivity contribution >= 4 is 23.3 Å². The minimum Gasteiger partial charge on any atom is -0.360 e. The summed E-state index contributed by atoms with van der Waals surface area (Å²) in [6.45, 7) is 2.31. The molecule has 1 saturated heterocycles. The van der Waals surface area contributed by atoms with Gasteiger partial charge in [0.25, 0.3) is 0 Å². The van der Waals surface area contributed by atoms with Crippen LogP contribution in [0.1, 0.15) is 5.56 Å². The van der Waals surface area contributed by atoms with Crippen molar-refractivity contribution in [3.8, 4) is 0 Å². The van der Waals surface area contributed by atoms with Crippen LogP contribution in [0, 0.1) is 0 Å². The molecule has 0 aliphatic carbocycles. The first-order chi connectivity index (χ1) is 11.7. The van der Waals surface area contributed by atoms with E-state index in [1.807, 2.05) is 59.5 Å². The largest absolute Gasteiger partial charge is 0.360 e. The van der Waals surface area contributed by atoms with Crippen molar-refractivity contribution < 1.29 is 9.59 Å². The smallest absolute Gasteiger partial charge is 0.319 e.